The fourth-order valence-corrected chi connectivity index (χ4v) is 2.57. The maximum absolute atomic E-state index is 13.2. The number of nitrogens with one attached hydrogen (secondary N) is 2. The lowest BCUT2D eigenvalue weighted by atomic mass is 10.3. The Morgan fingerprint density at radius 2 is 2.00 bits per heavy atom. The second-order valence-electron chi connectivity index (χ2n) is 4.11. The highest BCUT2D eigenvalue weighted by atomic mass is 79.9. The van der Waals surface area contributed by atoms with Crippen LogP contribution in [0.15, 0.2) is 22.7 Å². The minimum atomic E-state index is -0.420. The molecule has 21 heavy (non-hydrogen) atoms. The predicted octanol–water partition coefficient (Wildman–Crippen LogP) is 3.96. The van der Waals surface area contributed by atoms with Crippen LogP contribution < -0.4 is 10.6 Å². The molecule has 2 aromatic rings. The van der Waals surface area contributed by atoms with Gasteiger partial charge in [0.05, 0.1) is 10.7 Å². The molecule has 0 fully saturated rings. The molecule has 0 unspecified atom stereocenters. The molecule has 1 heterocycles. The highest BCUT2D eigenvalue weighted by Gasteiger charge is 2.11. The molecule has 0 amide bonds. The van der Waals surface area contributed by atoms with Crippen LogP contribution in [0.3, 0.4) is 0 Å². The zero-order chi connectivity index (χ0) is 15.4. The smallest absolute Gasteiger partial charge is 0.158 e. The highest BCUT2D eigenvalue weighted by Crippen LogP contribution is 2.33. The number of anilines is 3. The molecule has 0 atom stereocenters. The zero-order valence-electron chi connectivity index (χ0n) is 11.4. The Morgan fingerprint density at radius 1 is 1.29 bits per heavy atom. The normalized spacial score (nSPS) is 10.5. The molecule has 1 aromatic carbocycles. The molecule has 0 aliphatic heterocycles. The highest BCUT2D eigenvalue weighted by molar-refractivity contribution is 9.10. The number of ether oxygens (including phenoxy) is 1. The van der Waals surface area contributed by atoms with Crippen molar-refractivity contribution in [1.29, 1.82) is 0 Å². The van der Waals surface area contributed by atoms with Crippen LogP contribution in [0, 0.1) is 5.82 Å². The Kier molecular flexibility index (Phi) is 5.33. The molecule has 2 rings (SSSR count). The topological polar surface area (TPSA) is 59.1 Å². The summed E-state index contributed by atoms with van der Waals surface area (Å²) in [6.07, 6.45) is 0. The number of hydrogen-bond donors (Lipinski definition) is 2. The van der Waals surface area contributed by atoms with Crippen LogP contribution in [0.4, 0.5) is 21.7 Å². The van der Waals surface area contributed by atoms with Crippen molar-refractivity contribution in [3.8, 4) is 0 Å². The van der Waals surface area contributed by atoms with Gasteiger partial charge in [-0.1, -0.05) is 11.6 Å². The summed E-state index contributed by atoms with van der Waals surface area (Å²) in [6, 6.07) is 4.26. The van der Waals surface area contributed by atoms with Crippen molar-refractivity contribution in [2.75, 3.05) is 24.8 Å². The summed E-state index contributed by atoms with van der Waals surface area (Å²) >= 11 is 9.31. The summed E-state index contributed by atoms with van der Waals surface area (Å²) < 4.78 is 18.8. The van der Waals surface area contributed by atoms with Crippen LogP contribution >= 0.6 is 27.5 Å². The second kappa shape index (κ2) is 7.02. The average molecular weight is 376 g/mol. The summed E-state index contributed by atoms with van der Waals surface area (Å²) in [7, 11) is 3.32. The first-order valence-corrected chi connectivity index (χ1v) is 7.16. The van der Waals surface area contributed by atoms with Gasteiger partial charge in [-0.25, -0.2) is 14.4 Å². The number of halogens is 3. The summed E-state index contributed by atoms with van der Waals surface area (Å²) in [5.74, 6) is 1.25. The lowest BCUT2D eigenvalue weighted by Crippen LogP contribution is -2.05. The van der Waals surface area contributed by atoms with Crippen molar-refractivity contribution in [3.63, 3.8) is 0 Å². The van der Waals surface area contributed by atoms with Gasteiger partial charge in [-0.2, -0.15) is 0 Å². The molecule has 5 nitrogen and oxygen atoms in total. The van der Waals surface area contributed by atoms with E-state index in [1.165, 1.54) is 12.1 Å². The molecule has 0 radical (unpaired) electrons. The van der Waals surface area contributed by atoms with Crippen LogP contribution in [0.1, 0.15) is 5.82 Å². The van der Waals surface area contributed by atoms with Gasteiger partial charge >= 0.3 is 0 Å². The average Bonchev–Trinajstić information content (AvgIpc) is 2.43. The maximum atomic E-state index is 13.2. The van der Waals surface area contributed by atoms with E-state index in [1.54, 1.807) is 20.2 Å². The monoisotopic (exact) mass is 374 g/mol. The minimum Gasteiger partial charge on any atom is -0.377 e. The van der Waals surface area contributed by atoms with Crippen LogP contribution in [-0.4, -0.2) is 24.1 Å². The lowest BCUT2D eigenvalue weighted by Gasteiger charge is -2.12. The molecular weight excluding hydrogens is 363 g/mol. The summed E-state index contributed by atoms with van der Waals surface area (Å²) in [5.41, 5.74) is 0.530. The largest absolute Gasteiger partial charge is 0.377 e. The van der Waals surface area contributed by atoms with Crippen LogP contribution in [0.25, 0.3) is 0 Å². The van der Waals surface area contributed by atoms with Gasteiger partial charge in [-0.05, 0) is 28.1 Å². The van der Waals surface area contributed by atoms with E-state index in [9.17, 15) is 4.39 Å². The van der Waals surface area contributed by atoms with E-state index in [1.807, 2.05) is 0 Å². The van der Waals surface area contributed by atoms with E-state index in [0.717, 1.165) is 0 Å². The van der Waals surface area contributed by atoms with Crippen molar-refractivity contribution in [2.24, 2.45) is 0 Å². The van der Waals surface area contributed by atoms with Gasteiger partial charge in [0.2, 0.25) is 0 Å². The van der Waals surface area contributed by atoms with E-state index in [4.69, 9.17) is 16.3 Å². The predicted molar refractivity (Wildman–Crippen MR) is 84.7 cm³/mol. The van der Waals surface area contributed by atoms with Gasteiger partial charge in [-0.3, -0.25) is 0 Å². The molecule has 0 aliphatic carbocycles. The first-order chi connectivity index (χ1) is 10.0. The molecule has 0 spiro atoms. The number of aromatic nitrogens is 2. The number of benzene rings is 1. The number of hydrogen-bond acceptors (Lipinski definition) is 5. The number of nitrogens with zero attached hydrogens (tertiary/aromatic N) is 2. The van der Waals surface area contributed by atoms with E-state index < -0.39 is 5.82 Å². The summed E-state index contributed by atoms with van der Waals surface area (Å²) in [4.78, 5) is 8.56. The van der Waals surface area contributed by atoms with E-state index >= 15 is 0 Å². The van der Waals surface area contributed by atoms with Crippen molar-refractivity contribution < 1.29 is 9.13 Å². The van der Waals surface area contributed by atoms with Crippen LogP contribution in [-0.2, 0) is 11.3 Å². The van der Waals surface area contributed by atoms with Crippen molar-refractivity contribution in [3.05, 3.63) is 39.3 Å². The number of methoxy groups -OCH3 is 1. The SMILES string of the molecule is CNc1cc(Nc2c(Cl)cc(F)cc2Br)nc(COC)n1. The third kappa shape index (κ3) is 4.03. The molecule has 8 heteroatoms. The first kappa shape index (κ1) is 15.9. The third-order valence-corrected chi connectivity index (χ3v) is 3.49. The van der Waals surface area contributed by atoms with Crippen LogP contribution in [0.5, 0.6) is 0 Å². The van der Waals surface area contributed by atoms with E-state index in [-0.39, 0.29) is 11.6 Å². The van der Waals surface area contributed by atoms with Gasteiger partial charge in [0.15, 0.2) is 5.82 Å². The van der Waals surface area contributed by atoms with Gasteiger partial charge in [-0.15, -0.1) is 0 Å². The zero-order valence-corrected chi connectivity index (χ0v) is 13.7. The Labute approximate surface area is 135 Å². The molecule has 0 saturated heterocycles. The Bertz CT molecular complexity index is 633. The van der Waals surface area contributed by atoms with Crippen LogP contribution in [0.2, 0.25) is 5.02 Å². The van der Waals surface area contributed by atoms with Crippen molar-refractivity contribution in [1.82, 2.24) is 9.97 Å². The van der Waals surface area contributed by atoms with Gasteiger partial charge in [0.1, 0.15) is 24.1 Å². The Balaban J connectivity index is 2.37. The van der Waals surface area contributed by atoms with Crippen molar-refractivity contribution >= 4 is 44.9 Å². The molecule has 2 N–H and O–H groups in total. The van der Waals surface area contributed by atoms with Gasteiger partial charge < -0.3 is 15.4 Å². The fourth-order valence-electron chi connectivity index (χ4n) is 1.67. The molecule has 112 valence electrons. The van der Waals surface area contributed by atoms with Gasteiger partial charge in [0, 0.05) is 24.7 Å². The minimum absolute atomic E-state index is 0.250. The standard InChI is InChI=1S/C13H13BrClFN4O/c1-17-10-5-11(19-12(18-10)6-21-2)20-13-8(14)3-7(16)4-9(13)15/h3-5H,6H2,1-2H3,(H2,17,18,19,20). The fraction of sp³-hybridized carbons (Fsp3) is 0.231. The maximum Gasteiger partial charge on any atom is 0.158 e. The summed E-state index contributed by atoms with van der Waals surface area (Å²) in [5, 5.41) is 6.24. The summed E-state index contributed by atoms with van der Waals surface area (Å²) in [6.45, 7) is 0.280. The van der Waals surface area contributed by atoms with E-state index in [2.05, 4.69) is 36.5 Å². The quantitative estimate of drug-likeness (QED) is 0.828. The lowest BCUT2D eigenvalue weighted by molar-refractivity contribution is 0.178. The molecule has 0 bridgehead atoms. The van der Waals surface area contributed by atoms with Gasteiger partial charge in [0.25, 0.3) is 0 Å². The van der Waals surface area contributed by atoms with E-state index in [0.29, 0.717) is 27.6 Å². The second-order valence-corrected chi connectivity index (χ2v) is 5.37. The Hall–Kier alpha value is -1.44. The Morgan fingerprint density at radius 3 is 2.62 bits per heavy atom. The molecule has 1 aromatic heterocycles. The molecule has 0 saturated carbocycles. The third-order valence-electron chi connectivity index (χ3n) is 2.56. The number of rotatable bonds is 5. The first-order valence-electron chi connectivity index (χ1n) is 5.99. The molecule has 0 aliphatic rings. The molecular formula is C13H13BrClFN4O. The van der Waals surface area contributed by atoms with Crippen molar-refractivity contribution in [2.45, 2.75) is 6.61 Å².